The normalized spacial score (nSPS) is 30.2. The number of sulfone groups is 1. The minimum absolute atomic E-state index is 0.0586. The molecule has 7 rings (SSSR count). The van der Waals surface area contributed by atoms with Crippen LogP contribution in [0.15, 0.2) is 29.1 Å². The molecule has 2 aliphatic heterocycles. The smallest absolute Gasteiger partial charge is 0.261 e. The van der Waals surface area contributed by atoms with Crippen LogP contribution < -0.4 is 5.56 Å². The maximum atomic E-state index is 13.3. The van der Waals surface area contributed by atoms with Gasteiger partial charge >= 0.3 is 0 Å². The van der Waals surface area contributed by atoms with E-state index in [0.717, 1.165) is 49.5 Å². The Morgan fingerprint density at radius 3 is 2.62 bits per heavy atom. The Balaban J connectivity index is 1.27. The van der Waals surface area contributed by atoms with Gasteiger partial charge in [0.15, 0.2) is 9.84 Å². The highest BCUT2D eigenvalue weighted by Gasteiger charge is 2.55. The number of nitrogens with zero attached hydrogens (tertiary/aromatic N) is 2. The summed E-state index contributed by atoms with van der Waals surface area (Å²) in [6, 6.07) is 8.00. The van der Waals surface area contributed by atoms with Gasteiger partial charge in [-0.05, 0) is 91.8 Å². The number of rotatable bonds is 3. The Morgan fingerprint density at radius 1 is 1.08 bits per heavy atom. The molecule has 2 bridgehead atoms. The minimum Gasteiger partial charge on any atom is -0.508 e. The van der Waals surface area contributed by atoms with Gasteiger partial charge in [-0.1, -0.05) is 6.07 Å². The first-order valence-corrected chi connectivity index (χ1v) is 15.4. The van der Waals surface area contributed by atoms with E-state index < -0.39 is 15.4 Å². The largest absolute Gasteiger partial charge is 0.508 e. The van der Waals surface area contributed by atoms with E-state index in [4.69, 9.17) is 0 Å². The number of likely N-dealkylation sites (tertiary alicyclic amines) is 1. The third-order valence-electron chi connectivity index (χ3n) is 9.75. The molecule has 9 heteroatoms. The first kappa shape index (κ1) is 23.5. The number of amides is 1. The number of aromatic nitrogens is 1. The topological polar surface area (TPSA) is 111 Å². The van der Waals surface area contributed by atoms with Gasteiger partial charge in [-0.25, -0.2) is 8.42 Å². The van der Waals surface area contributed by atoms with Gasteiger partial charge < -0.3 is 15.0 Å². The molecular weight excluding hydrogens is 490 g/mol. The van der Waals surface area contributed by atoms with E-state index >= 15 is 0 Å². The first-order valence-electron chi connectivity index (χ1n) is 13.5. The van der Waals surface area contributed by atoms with Crippen molar-refractivity contribution in [3.05, 3.63) is 62.6 Å². The molecule has 8 nitrogen and oxygen atoms in total. The molecule has 3 unspecified atom stereocenters. The fourth-order valence-electron chi connectivity index (χ4n) is 7.61. The van der Waals surface area contributed by atoms with Crippen molar-refractivity contribution in [3.63, 3.8) is 0 Å². The van der Waals surface area contributed by atoms with Crippen LogP contribution in [0.2, 0.25) is 0 Å². The molecule has 3 atom stereocenters. The third-order valence-corrected chi connectivity index (χ3v) is 11.4. The predicted octanol–water partition coefficient (Wildman–Crippen LogP) is 1.64. The Labute approximate surface area is 216 Å². The number of pyridine rings is 1. The van der Waals surface area contributed by atoms with Crippen molar-refractivity contribution in [1.82, 2.24) is 14.8 Å². The zero-order valence-corrected chi connectivity index (χ0v) is 21.7. The van der Waals surface area contributed by atoms with Crippen molar-refractivity contribution in [3.8, 4) is 5.75 Å². The molecule has 37 heavy (non-hydrogen) atoms. The fraction of sp³-hybridized carbons (Fsp3) is 0.571. The lowest BCUT2D eigenvalue weighted by molar-refractivity contribution is 0.00458. The van der Waals surface area contributed by atoms with Gasteiger partial charge in [0.25, 0.3) is 11.5 Å². The number of nitrogens with one attached hydrogen (secondary N) is 1. The second-order valence-electron chi connectivity index (χ2n) is 11.9. The van der Waals surface area contributed by atoms with Crippen molar-refractivity contribution in [2.24, 2.45) is 11.8 Å². The molecule has 1 aromatic carbocycles. The van der Waals surface area contributed by atoms with E-state index in [-0.39, 0.29) is 47.2 Å². The number of fused-ring (bicyclic) bond motifs is 2. The molecular formula is C28H33N3O5S. The molecule has 5 aliphatic rings. The van der Waals surface area contributed by atoms with Gasteiger partial charge in [-0.3, -0.25) is 14.5 Å². The lowest BCUT2D eigenvalue weighted by Gasteiger charge is -2.59. The van der Waals surface area contributed by atoms with Gasteiger partial charge in [0.05, 0.1) is 11.5 Å². The van der Waals surface area contributed by atoms with Crippen LogP contribution in [0.1, 0.15) is 52.0 Å². The molecule has 1 amide bonds. The van der Waals surface area contributed by atoms with Crippen LogP contribution in [0.25, 0.3) is 0 Å². The number of piperidine rings is 1. The first-order chi connectivity index (χ1) is 17.7. The van der Waals surface area contributed by atoms with Gasteiger partial charge in [0.2, 0.25) is 0 Å². The van der Waals surface area contributed by atoms with Gasteiger partial charge in [0, 0.05) is 36.8 Å². The number of hydrogen-bond acceptors (Lipinski definition) is 6. The predicted molar refractivity (Wildman–Crippen MR) is 139 cm³/mol. The average Bonchev–Trinajstić information content (AvgIpc) is 3.68. The summed E-state index contributed by atoms with van der Waals surface area (Å²) in [5, 5.41) is 10.4. The number of hydrogen-bond donors (Lipinski definition) is 2. The van der Waals surface area contributed by atoms with E-state index in [1.54, 1.807) is 12.1 Å². The van der Waals surface area contributed by atoms with Gasteiger partial charge in [-0.15, -0.1) is 0 Å². The molecule has 0 radical (unpaired) electrons. The second-order valence-corrected chi connectivity index (χ2v) is 14.2. The van der Waals surface area contributed by atoms with E-state index in [1.165, 1.54) is 28.9 Å². The maximum Gasteiger partial charge on any atom is 0.261 e. The SMILES string of the molecule is O=C(c1cc2c([nH]c1=O)CC13CCN(CC4CC4)C(Cc4ccc(O)cc41)C3C2)N1CCS(=O)(=O)CC1. The van der Waals surface area contributed by atoms with Gasteiger partial charge in [0.1, 0.15) is 11.3 Å². The zero-order valence-electron chi connectivity index (χ0n) is 20.9. The molecule has 3 aliphatic carbocycles. The van der Waals surface area contributed by atoms with Crippen LogP contribution in [0.5, 0.6) is 5.75 Å². The summed E-state index contributed by atoms with van der Waals surface area (Å²) in [5.74, 6) is 0.936. The second kappa shape index (κ2) is 8.17. The highest BCUT2D eigenvalue weighted by atomic mass is 32.2. The van der Waals surface area contributed by atoms with Crippen LogP contribution in [0, 0.1) is 11.8 Å². The highest BCUT2D eigenvalue weighted by molar-refractivity contribution is 7.91. The molecule has 0 spiro atoms. The number of phenols is 1. The Hall–Kier alpha value is -2.65. The van der Waals surface area contributed by atoms with Crippen molar-refractivity contribution in [1.29, 1.82) is 0 Å². The maximum absolute atomic E-state index is 13.3. The number of phenolic OH excluding ortho intramolecular Hbond substituents is 1. The lowest BCUT2D eigenvalue weighted by Crippen LogP contribution is -2.63. The van der Waals surface area contributed by atoms with E-state index in [0.29, 0.717) is 18.4 Å². The van der Waals surface area contributed by atoms with Crippen molar-refractivity contribution in [2.75, 3.05) is 37.7 Å². The fourth-order valence-corrected chi connectivity index (χ4v) is 8.81. The summed E-state index contributed by atoms with van der Waals surface area (Å²) in [7, 11) is -3.12. The molecule has 2 aromatic rings. The van der Waals surface area contributed by atoms with Gasteiger partial charge in [-0.2, -0.15) is 0 Å². The number of aromatic amines is 1. The summed E-state index contributed by atoms with van der Waals surface area (Å²) in [6.45, 7) is 2.43. The number of aromatic hydroxyl groups is 1. The number of carbonyl (C=O) groups is 1. The van der Waals surface area contributed by atoms with Crippen LogP contribution in [0.4, 0.5) is 0 Å². The lowest BCUT2D eigenvalue weighted by atomic mass is 9.52. The Morgan fingerprint density at radius 2 is 1.86 bits per heavy atom. The summed E-state index contributed by atoms with van der Waals surface area (Å²) in [4.78, 5) is 33.6. The summed E-state index contributed by atoms with van der Waals surface area (Å²) >= 11 is 0. The molecule has 3 heterocycles. The molecule has 1 aromatic heterocycles. The monoisotopic (exact) mass is 523 g/mol. The number of carbonyl (C=O) groups excluding carboxylic acids is 1. The number of benzene rings is 1. The van der Waals surface area contributed by atoms with E-state index in [1.807, 2.05) is 6.07 Å². The summed E-state index contributed by atoms with van der Waals surface area (Å²) in [6.07, 6.45) is 6.06. The molecule has 196 valence electrons. The van der Waals surface area contributed by atoms with Crippen molar-refractivity contribution in [2.45, 2.75) is 50.0 Å². The Kier molecular flexibility index (Phi) is 5.18. The van der Waals surface area contributed by atoms with Crippen LogP contribution in [-0.4, -0.2) is 77.9 Å². The minimum atomic E-state index is -3.12. The van der Waals surface area contributed by atoms with E-state index in [2.05, 4.69) is 16.0 Å². The van der Waals surface area contributed by atoms with Crippen LogP contribution >= 0.6 is 0 Å². The summed E-state index contributed by atoms with van der Waals surface area (Å²) in [5.41, 5.74) is 4.02. The van der Waals surface area contributed by atoms with Crippen molar-refractivity contribution < 1.29 is 18.3 Å². The van der Waals surface area contributed by atoms with Crippen LogP contribution in [-0.2, 0) is 34.5 Å². The highest BCUT2D eigenvalue weighted by Crippen LogP contribution is 2.55. The molecule has 1 saturated carbocycles. The van der Waals surface area contributed by atoms with Crippen molar-refractivity contribution >= 4 is 15.7 Å². The third kappa shape index (κ3) is 3.84. The van der Waals surface area contributed by atoms with Crippen LogP contribution in [0.3, 0.4) is 0 Å². The zero-order chi connectivity index (χ0) is 25.5. The number of H-pyrrole nitrogens is 1. The molecule has 2 saturated heterocycles. The average molecular weight is 524 g/mol. The van der Waals surface area contributed by atoms with E-state index in [9.17, 15) is 23.1 Å². The molecule has 3 fully saturated rings. The standard InChI is InChI=1S/C28H33N3O5S/c32-20-4-3-18-13-25-23-12-19-11-21(27(34)30-7-9-37(35,36)10-8-30)26(33)29-24(19)15-28(23,22(18)14-20)5-6-31(25)16-17-1-2-17/h3-4,11,14,17,23,25,32H,1-2,5-10,12-13,15-16H2,(H,29,33). The Bertz CT molecular complexity index is 1450. The quantitative estimate of drug-likeness (QED) is 0.633. The summed E-state index contributed by atoms with van der Waals surface area (Å²) < 4.78 is 23.6. The molecule has 2 N–H and O–H groups in total.